The van der Waals surface area contributed by atoms with Gasteiger partial charge in [0.05, 0.1) is 5.75 Å². The molecule has 7 heteroatoms. The fraction of sp³-hybridized carbons (Fsp3) is 0.857. The first-order valence-corrected chi connectivity index (χ1v) is 12.3. The minimum Gasteiger partial charge on any atom is -1.00 e. The van der Waals surface area contributed by atoms with Crippen LogP contribution in [0.15, 0.2) is 12.2 Å². The summed E-state index contributed by atoms with van der Waals surface area (Å²) in [6, 6.07) is 0. The van der Waals surface area contributed by atoms with E-state index in [0.717, 1.165) is 25.7 Å². The van der Waals surface area contributed by atoms with Gasteiger partial charge >= 0.3 is 29.6 Å². The quantitative estimate of drug-likeness (QED) is 0.158. The van der Waals surface area contributed by atoms with Gasteiger partial charge in [-0.15, -0.1) is 0 Å². The first-order valence-electron chi connectivity index (χ1n) is 10.7. The fourth-order valence-electron chi connectivity index (χ4n) is 2.91. The van der Waals surface area contributed by atoms with Crippen LogP contribution >= 0.6 is 0 Å². The molecule has 0 rings (SSSR count). The molecule has 28 heavy (non-hydrogen) atoms. The molecule has 1 N–H and O–H groups in total. The van der Waals surface area contributed by atoms with Gasteiger partial charge in [0, 0.05) is 20.0 Å². The summed E-state index contributed by atoms with van der Waals surface area (Å²) >= 11 is 0. The summed E-state index contributed by atoms with van der Waals surface area (Å²) in [6.45, 7) is 2.29. The predicted octanol–water partition coefficient (Wildman–Crippen LogP) is 2.49. The number of hydrogen-bond acceptors (Lipinski definition) is 3. The van der Waals surface area contributed by atoms with Gasteiger partial charge in [0.2, 0.25) is 5.91 Å². The van der Waals surface area contributed by atoms with Crippen molar-refractivity contribution in [1.29, 1.82) is 0 Å². The molecule has 1 amide bonds. The molecule has 162 valence electrons. The number of amides is 1. The zero-order chi connectivity index (χ0) is 20.4. The second kappa shape index (κ2) is 20.4. The van der Waals surface area contributed by atoms with Gasteiger partial charge in [-0.1, -0.05) is 70.4 Å². The van der Waals surface area contributed by atoms with E-state index in [1.807, 2.05) is 0 Å². The van der Waals surface area contributed by atoms with E-state index in [-0.39, 0.29) is 43.4 Å². The van der Waals surface area contributed by atoms with Crippen LogP contribution in [-0.2, 0) is 14.9 Å². The van der Waals surface area contributed by atoms with E-state index < -0.39 is 15.9 Å². The SMILES string of the molecule is CCCCCCCCC=CCCCCCCCC(=O)N(C)CCS(=O)(=O)O.[H-].[Na+]. The molecule has 0 aliphatic rings. The monoisotopic (exact) mass is 427 g/mol. The molecule has 0 atom stereocenters. The first kappa shape index (κ1) is 30.3. The van der Waals surface area contributed by atoms with Crippen molar-refractivity contribution in [2.45, 2.75) is 96.8 Å². The van der Waals surface area contributed by atoms with Crippen LogP contribution in [0.3, 0.4) is 0 Å². The van der Waals surface area contributed by atoms with Crippen molar-refractivity contribution in [2.75, 3.05) is 19.3 Å². The Morgan fingerprint density at radius 2 is 1.36 bits per heavy atom. The zero-order valence-electron chi connectivity index (χ0n) is 19.5. The second-order valence-electron chi connectivity index (χ2n) is 7.44. The molecule has 0 saturated carbocycles. The number of unbranched alkanes of at least 4 members (excludes halogenated alkanes) is 11. The van der Waals surface area contributed by atoms with Gasteiger partial charge in [0.25, 0.3) is 10.1 Å². The summed E-state index contributed by atoms with van der Waals surface area (Å²) in [5, 5.41) is 0. The number of rotatable bonds is 18. The van der Waals surface area contributed by atoms with Gasteiger partial charge < -0.3 is 6.33 Å². The van der Waals surface area contributed by atoms with E-state index in [2.05, 4.69) is 19.1 Å². The minimum absolute atomic E-state index is 0. The van der Waals surface area contributed by atoms with Gasteiger partial charge in [-0.3, -0.25) is 9.35 Å². The summed E-state index contributed by atoms with van der Waals surface area (Å²) in [7, 11) is -2.43. The molecule has 5 nitrogen and oxygen atoms in total. The van der Waals surface area contributed by atoms with E-state index in [1.165, 1.54) is 62.7 Å². The van der Waals surface area contributed by atoms with Crippen molar-refractivity contribution in [3.05, 3.63) is 12.2 Å². The van der Waals surface area contributed by atoms with E-state index >= 15 is 0 Å². The molecule has 0 aromatic carbocycles. The van der Waals surface area contributed by atoms with E-state index in [0.29, 0.717) is 6.42 Å². The summed E-state index contributed by atoms with van der Waals surface area (Å²) in [5.74, 6) is -0.460. The Morgan fingerprint density at radius 1 is 0.893 bits per heavy atom. The molecule has 0 aromatic rings. The van der Waals surface area contributed by atoms with Crippen LogP contribution < -0.4 is 29.6 Å². The van der Waals surface area contributed by atoms with Crippen molar-refractivity contribution >= 4 is 16.0 Å². The maximum atomic E-state index is 11.8. The number of carbonyl (C=O) groups excluding carboxylic acids is 1. The van der Waals surface area contributed by atoms with Crippen molar-refractivity contribution in [1.82, 2.24) is 4.90 Å². The number of allylic oxidation sites excluding steroid dienone is 2. The molecule has 0 heterocycles. The van der Waals surface area contributed by atoms with Crippen LogP contribution in [0.2, 0.25) is 0 Å². The minimum atomic E-state index is -4.00. The maximum Gasteiger partial charge on any atom is 1.00 e. The van der Waals surface area contributed by atoms with Gasteiger partial charge in [0.1, 0.15) is 0 Å². The molecule has 0 aliphatic carbocycles. The zero-order valence-corrected chi connectivity index (χ0v) is 21.3. The molecule has 0 aliphatic heterocycles. The largest absolute Gasteiger partial charge is 1.00 e. The van der Waals surface area contributed by atoms with Gasteiger partial charge in [-0.05, 0) is 32.1 Å². The Balaban J connectivity index is -0.00000338. The van der Waals surface area contributed by atoms with Crippen LogP contribution in [0, 0.1) is 0 Å². The third-order valence-corrected chi connectivity index (χ3v) is 5.46. The predicted molar refractivity (Wildman–Crippen MR) is 115 cm³/mol. The van der Waals surface area contributed by atoms with E-state index in [4.69, 9.17) is 4.55 Å². The Bertz CT molecular complexity index is 501. The Kier molecular flexibility index (Phi) is 22.1. The molecular weight excluding hydrogens is 385 g/mol. The van der Waals surface area contributed by atoms with Gasteiger partial charge in [0.15, 0.2) is 0 Å². The van der Waals surface area contributed by atoms with Crippen molar-refractivity contribution < 1.29 is 48.7 Å². The Hall–Kier alpha value is 0.120. The van der Waals surface area contributed by atoms with Crippen molar-refractivity contribution in [2.24, 2.45) is 0 Å². The van der Waals surface area contributed by atoms with Crippen molar-refractivity contribution in [3.8, 4) is 0 Å². The average molecular weight is 428 g/mol. The number of hydrogen-bond donors (Lipinski definition) is 1. The van der Waals surface area contributed by atoms with Crippen LogP contribution in [0.4, 0.5) is 0 Å². The van der Waals surface area contributed by atoms with Crippen LogP contribution in [0.25, 0.3) is 0 Å². The average Bonchev–Trinajstić information content (AvgIpc) is 2.62. The molecular formula is C21H42NNaO4S. The van der Waals surface area contributed by atoms with E-state index in [1.54, 1.807) is 7.05 Å². The fourth-order valence-corrected chi connectivity index (χ4v) is 3.42. The van der Waals surface area contributed by atoms with Gasteiger partial charge in [-0.25, -0.2) is 0 Å². The molecule has 0 fully saturated rings. The van der Waals surface area contributed by atoms with Crippen LogP contribution in [-0.4, -0.2) is 43.1 Å². The molecule has 0 saturated heterocycles. The normalized spacial score (nSPS) is 11.5. The van der Waals surface area contributed by atoms with E-state index in [9.17, 15) is 13.2 Å². The molecule has 0 spiro atoms. The van der Waals surface area contributed by atoms with Crippen LogP contribution in [0.1, 0.15) is 98.2 Å². The third kappa shape index (κ3) is 22.4. The Morgan fingerprint density at radius 3 is 1.86 bits per heavy atom. The second-order valence-corrected chi connectivity index (χ2v) is 9.01. The maximum absolute atomic E-state index is 11.8. The molecule has 0 unspecified atom stereocenters. The topological polar surface area (TPSA) is 74.7 Å². The summed E-state index contributed by atoms with van der Waals surface area (Å²) in [6.07, 6.45) is 20.9. The standard InChI is InChI=1S/C21H41NO4S.Na.H/c1-3-4-5-6-7-8-9-10-11-12-13-14-15-16-17-18-21(23)22(2)19-20-27(24,25)26;;/h10-11H,3-9,12-20H2,1-2H3,(H,24,25,26);;/q;+1;-1. The molecule has 0 radical (unpaired) electrons. The van der Waals surface area contributed by atoms with Crippen LogP contribution in [0.5, 0.6) is 0 Å². The summed E-state index contributed by atoms with van der Waals surface area (Å²) in [5.41, 5.74) is 0. The van der Waals surface area contributed by atoms with Gasteiger partial charge in [-0.2, -0.15) is 8.42 Å². The first-order chi connectivity index (χ1) is 12.9. The Labute approximate surface area is 197 Å². The summed E-state index contributed by atoms with van der Waals surface area (Å²) < 4.78 is 30.1. The smallest absolute Gasteiger partial charge is 1.00 e. The molecule has 0 aromatic heterocycles. The number of carbonyl (C=O) groups is 1. The molecule has 0 bridgehead atoms. The van der Waals surface area contributed by atoms with Crippen molar-refractivity contribution in [3.63, 3.8) is 0 Å². The number of nitrogens with zero attached hydrogens (tertiary/aromatic N) is 1. The summed E-state index contributed by atoms with van der Waals surface area (Å²) in [4.78, 5) is 13.2. The third-order valence-electron chi connectivity index (χ3n) is 4.76.